The van der Waals surface area contributed by atoms with Crippen LogP contribution in [0.4, 0.5) is 4.39 Å². The number of nitrogens with zero attached hydrogens (tertiary/aromatic N) is 1. The van der Waals surface area contributed by atoms with Crippen molar-refractivity contribution in [2.75, 3.05) is 6.61 Å². The first-order chi connectivity index (χ1) is 9.22. The lowest BCUT2D eigenvalue weighted by Gasteiger charge is -2.07. The Hall–Kier alpha value is -1.88. The highest BCUT2D eigenvalue weighted by Crippen LogP contribution is 2.30. The minimum atomic E-state index is -0.450. The van der Waals surface area contributed by atoms with E-state index in [4.69, 9.17) is 4.74 Å². The van der Waals surface area contributed by atoms with Crippen LogP contribution in [0.15, 0.2) is 52.5 Å². The molecule has 0 spiro atoms. The van der Waals surface area contributed by atoms with Gasteiger partial charge in [-0.25, -0.2) is 14.2 Å². The highest BCUT2D eigenvalue weighted by molar-refractivity contribution is 7.99. The largest absolute Gasteiger partial charge is 0.462 e. The van der Waals surface area contributed by atoms with Crippen molar-refractivity contribution in [3.05, 3.63) is 54.0 Å². The van der Waals surface area contributed by atoms with Crippen LogP contribution in [0.5, 0.6) is 0 Å². The smallest absolute Gasteiger partial charge is 0.340 e. The molecule has 1 aromatic carbocycles. The maximum Gasteiger partial charge on any atom is 0.340 e. The van der Waals surface area contributed by atoms with Crippen molar-refractivity contribution in [1.29, 1.82) is 0 Å². The van der Waals surface area contributed by atoms with Crippen molar-refractivity contribution in [1.82, 2.24) is 4.98 Å². The number of halogens is 1. The number of rotatable bonds is 4. The second-order valence-corrected chi connectivity index (χ2v) is 4.64. The number of esters is 1. The van der Waals surface area contributed by atoms with E-state index < -0.39 is 5.97 Å². The number of hydrogen-bond acceptors (Lipinski definition) is 4. The zero-order valence-electron chi connectivity index (χ0n) is 10.3. The molecule has 2 aromatic rings. The molecule has 0 radical (unpaired) electrons. The zero-order valence-corrected chi connectivity index (χ0v) is 11.1. The molecule has 1 heterocycles. The summed E-state index contributed by atoms with van der Waals surface area (Å²) in [6, 6.07) is 9.63. The van der Waals surface area contributed by atoms with E-state index in [1.807, 2.05) is 0 Å². The molecule has 1 aromatic heterocycles. The molecule has 3 nitrogen and oxygen atoms in total. The molecular formula is C14H12FNO2S. The van der Waals surface area contributed by atoms with Crippen LogP contribution in [0.2, 0.25) is 0 Å². The molecule has 0 aliphatic carbocycles. The second-order valence-electron chi connectivity index (χ2n) is 3.61. The SMILES string of the molecule is CCOC(=O)c1cccnc1Sc1ccccc1F. The molecule has 2 rings (SSSR count). The predicted octanol–water partition coefficient (Wildman–Crippen LogP) is 3.55. The van der Waals surface area contributed by atoms with Gasteiger partial charge in [-0.3, -0.25) is 0 Å². The summed E-state index contributed by atoms with van der Waals surface area (Å²) in [6.07, 6.45) is 1.56. The van der Waals surface area contributed by atoms with Crippen LogP contribution in [-0.2, 0) is 4.74 Å². The molecule has 0 N–H and O–H groups in total. The van der Waals surface area contributed by atoms with E-state index in [0.29, 0.717) is 15.5 Å². The summed E-state index contributed by atoms with van der Waals surface area (Å²) in [7, 11) is 0. The molecule has 5 heteroatoms. The maximum atomic E-state index is 13.6. The van der Waals surface area contributed by atoms with Gasteiger partial charge in [0.15, 0.2) is 0 Å². The van der Waals surface area contributed by atoms with Crippen LogP contribution in [0, 0.1) is 5.82 Å². The number of hydrogen-bond donors (Lipinski definition) is 0. The quantitative estimate of drug-likeness (QED) is 0.801. The number of benzene rings is 1. The Morgan fingerprint density at radius 2 is 2.11 bits per heavy atom. The third-order valence-electron chi connectivity index (χ3n) is 2.31. The maximum absolute atomic E-state index is 13.6. The van der Waals surface area contributed by atoms with E-state index in [1.165, 1.54) is 6.07 Å². The second kappa shape index (κ2) is 6.33. The van der Waals surface area contributed by atoms with Crippen LogP contribution in [0.3, 0.4) is 0 Å². The van der Waals surface area contributed by atoms with Gasteiger partial charge in [-0.2, -0.15) is 0 Å². The number of ether oxygens (including phenoxy) is 1. The molecule has 0 atom stereocenters. The molecule has 19 heavy (non-hydrogen) atoms. The Balaban J connectivity index is 2.30. The van der Waals surface area contributed by atoms with Crippen LogP contribution in [0.1, 0.15) is 17.3 Å². The summed E-state index contributed by atoms with van der Waals surface area (Å²) >= 11 is 1.11. The number of aromatic nitrogens is 1. The van der Waals surface area contributed by atoms with Gasteiger partial charge in [-0.05, 0) is 31.2 Å². The number of carbonyl (C=O) groups excluding carboxylic acids is 1. The molecule has 0 unspecified atom stereocenters. The first-order valence-corrected chi connectivity index (χ1v) is 6.58. The third-order valence-corrected chi connectivity index (χ3v) is 3.38. The molecule has 0 fully saturated rings. The highest BCUT2D eigenvalue weighted by atomic mass is 32.2. The first-order valence-electron chi connectivity index (χ1n) is 5.77. The van der Waals surface area contributed by atoms with Gasteiger partial charge < -0.3 is 4.74 Å². The topological polar surface area (TPSA) is 39.2 Å². The van der Waals surface area contributed by atoms with E-state index in [0.717, 1.165) is 11.8 Å². The van der Waals surface area contributed by atoms with Gasteiger partial charge in [-0.1, -0.05) is 23.9 Å². The Morgan fingerprint density at radius 1 is 1.32 bits per heavy atom. The lowest BCUT2D eigenvalue weighted by molar-refractivity contribution is 0.0521. The Morgan fingerprint density at radius 3 is 2.84 bits per heavy atom. The lowest BCUT2D eigenvalue weighted by Crippen LogP contribution is -2.07. The van der Waals surface area contributed by atoms with Crippen molar-refractivity contribution in [2.45, 2.75) is 16.8 Å². The fourth-order valence-corrected chi connectivity index (χ4v) is 2.36. The average molecular weight is 277 g/mol. The Bertz CT molecular complexity index is 589. The Labute approximate surface area is 114 Å². The number of pyridine rings is 1. The first kappa shape index (κ1) is 13.5. The van der Waals surface area contributed by atoms with E-state index in [1.54, 1.807) is 43.5 Å². The summed E-state index contributed by atoms with van der Waals surface area (Å²) in [5.41, 5.74) is 0.345. The summed E-state index contributed by atoms with van der Waals surface area (Å²) in [6.45, 7) is 2.02. The number of carbonyl (C=O) groups is 1. The van der Waals surface area contributed by atoms with Crippen molar-refractivity contribution in [2.24, 2.45) is 0 Å². The van der Waals surface area contributed by atoms with Crippen molar-refractivity contribution in [3.63, 3.8) is 0 Å². The lowest BCUT2D eigenvalue weighted by atomic mass is 10.3. The van der Waals surface area contributed by atoms with Crippen LogP contribution in [0.25, 0.3) is 0 Å². The molecule has 0 saturated heterocycles. The monoisotopic (exact) mass is 277 g/mol. The van der Waals surface area contributed by atoms with Crippen LogP contribution >= 0.6 is 11.8 Å². The molecule has 98 valence electrons. The van der Waals surface area contributed by atoms with Gasteiger partial charge in [0.25, 0.3) is 0 Å². The van der Waals surface area contributed by atoms with Crippen LogP contribution in [-0.4, -0.2) is 17.6 Å². The predicted molar refractivity (Wildman–Crippen MR) is 70.7 cm³/mol. The summed E-state index contributed by atoms with van der Waals surface area (Å²) < 4.78 is 18.5. The average Bonchev–Trinajstić information content (AvgIpc) is 2.42. The highest BCUT2D eigenvalue weighted by Gasteiger charge is 2.15. The van der Waals surface area contributed by atoms with Gasteiger partial charge in [0.2, 0.25) is 0 Å². The van der Waals surface area contributed by atoms with Crippen molar-refractivity contribution >= 4 is 17.7 Å². The fraction of sp³-hybridized carbons (Fsp3) is 0.143. The molecule has 0 amide bonds. The fourth-order valence-electron chi connectivity index (χ4n) is 1.47. The summed E-state index contributed by atoms with van der Waals surface area (Å²) in [5.74, 6) is -0.789. The molecule has 0 saturated carbocycles. The summed E-state index contributed by atoms with van der Waals surface area (Å²) in [4.78, 5) is 16.3. The van der Waals surface area contributed by atoms with E-state index in [2.05, 4.69) is 4.98 Å². The zero-order chi connectivity index (χ0) is 13.7. The van der Waals surface area contributed by atoms with E-state index in [-0.39, 0.29) is 12.4 Å². The molecule has 0 aliphatic heterocycles. The minimum Gasteiger partial charge on any atom is -0.462 e. The summed E-state index contributed by atoms with van der Waals surface area (Å²) in [5, 5.41) is 0.436. The molecular weight excluding hydrogens is 265 g/mol. The van der Waals surface area contributed by atoms with Crippen molar-refractivity contribution in [3.8, 4) is 0 Å². The minimum absolute atomic E-state index is 0.289. The van der Waals surface area contributed by atoms with Gasteiger partial charge in [0, 0.05) is 11.1 Å². The van der Waals surface area contributed by atoms with E-state index in [9.17, 15) is 9.18 Å². The van der Waals surface area contributed by atoms with Crippen molar-refractivity contribution < 1.29 is 13.9 Å². The van der Waals surface area contributed by atoms with Gasteiger partial charge >= 0.3 is 5.97 Å². The van der Waals surface area contributed by atoms with E-state index >= 15 is 0 Å². The van der Waals surface area contributed by atoms with Gasteiger partial charge in [0.1, 0.15) is 10.8 Å². The molecule has 0 aliphatic rings. The third kappa shape index (κ3) is 3.32. The Kier molecular flexibility index (Phi) is 4.52. The molecule has 0 bridgehead atoms. The van der Waals surface area contributed by atoms with Gasteiger partial charge in [-0.15, -0.1) is 0 Å². The van der Waals surface area contributed by atoms with Gasteiger partial charge in [0.05, 0.1) is 12.2 Å². The normalized spacial score (nSPS) is 10.2. The van der Waals surface area contributed by atoms with Crippen LogP contribution < -0.4 is 0 Å². The standard InChI is InChI=1S/C14H12FNO2S/c1-2-18-14(17)10-6-5-9-16-13(10)19-12-8-4-3-7-11(12)15/h3-9H,2H2,1H3.